The average molecular weight is 333 g/mol. The Kier molecular flexibility index (Phi) is 5.33. The number of rotatable bonds is 4. The fraction of sp³-hybridized carbons (Fsp3) is 0.733. The number of nitrogens with zero attached hydrogens (tertiary/aromatic N) is 2. The third-order valence-electron chi connectivity index (χ3n) is 3.99. The van der Waals surface area contributed by atoms with Crippen LogP contribution in [-0.4, -0.2) is 28.4 Å². The van der Waals surface area contributed by atoms with Crippen LogP contribution in [-0.2, 0) is 29.3 Å². The molecule has 1 aromatic heterocycles. The number of amides is 1. The third kappa shape index (κ3) is 4.25. The van der Waals surface area contributed by atoms with Crippen molar-refractivity contribution in [2.75, 3.05) is 6.61 Å². The van der Waals surface area contributed by atoms with Gasteiger partial charge in [0.25, 0.3) is 0 Å². The summed E-state index contributed by atoms with van der Waals surface area (Å²) in [6.07, 6.45) is -1.98. The molecule has 8 heteroatoms. The van der Waals surface area contributed by atoms with Gasteiger partial charge in [-0.25, -0.2) is 0 Å². The molecule has 0 aliphatic carbocycles. The average Bonchev–Trinajstić information content (AvgIpc) is 2.86. The third-order valence-corrected chi connectivity index (χ3v) is 3.99. The van der Waals surface area contributed by atoms with E-state index in [4.69, 9.17) is 4.74 Å². The van der Waals surface area contributed by atoms with E-state index in [2.05, 4.69) is 10.4 Å². The van der Waals surface area contributed by atoms with Gasteiger partial charge in [-0.15, -0.1) is 0 Å². The van der Waals surface area contributed by atoms with Gasteiger partial charge in [-0.1, -0.05) is 13.8 Å². The van der Waals surface area contributed by atoms with Crippen LogP contribution in [0.25, 0.3) is 0 Å². The van der Waals surface area contributed by atoms with Crippen LogP contribution in [0.3, 0.4) is 0 Å². The predicted molar refractivity (Wildman–Crippen MR) is 77.4 cm³/mol. The van der Waals surface area contributed by atoms with E-state index in [1.807, 2.05) is 13.8 Å². The van der Waals surface area contributed by atoms with Crippen LogP contribution < -0.4 is 5.32 Å². The van der Waals surface area contributed by atoms with Crippen LogP contribution in [0.2, 0.25) is 0 Å². The number of carbonyl (C=O) groups excluding carboxylic acids is 1. The molecule has 0 radical (unpaired) electrons. The summed E-state index contributed by atoms with van der Waals surface area (Å²) >= 11 is 0. The Morgan fingerprint density at radius 3 is 2.83 bits per heavy atom. The van der Waals surface area contributed by atoms with E-state index < -0.39 is 11.9 Å². The molecule has 2 rings (SSSR count). The number of carbonyl (C=O) groups is 1. The topological polar surface area (TPSA) is 56.1 Å². The van der Waals surface area contributed by atoms with Crippen molar-refractivity contribution in [2.24, 2.45) is 18.9 Å². The Labute approximate surface area is 133 Å². The Bertz CT molecular complexity index is 555. The van der Waals surface area contributed by atoms with Gasteiger partial charge in [0.15, 0.2) is 5.69 Å². The lowest BCUT2D eigenvalue weighted by atomic mass is 9.87. The van der Waals surface area contributed by atoms with E-state index in [1.165, 1.54) is 13.2 Å². The highest BCUT2D eigenvalue weighted by molar-refractivity contribution is 5.79. The molecular formula is C15H22F3N3O2. The summed E-state index contributed by atoms with van der Waals surface area (Å²) in [5.41, 5.74) is -0.994. The fourth-order valence-corrected chi connectivity index (χ4v) is 2.96. The first-order chi connectivity index (χ1) is 10.7. The molecule has 1 aliphatic heterocycles. The molecular weight excluding hydrogens is 311 g/mol. The number of hydrogen-bond donors (Lipinski definition) is 1. The number of aromatic nitrogens is 2. The summed E-state index contributed by atoms with van der Waals surface area (Å²) in [5.74, 6) is -0.412. The lowest BCUT2D eigenvalue weighted by Gasteiger charge is -2.33. The molecule has 23 heavy (non-hydrogen) atoms. The molecule has 130 valence electrons. The van der Waals surface area contributed by atoms with Crippen molar-refractivity contribution >= 4 is 5.91 Å². The van der Waals surface area contributed by atoms with Gasteiger partial charge in [0.05, 0.1) is 12.0 Å². The molecule has 0 spiro atoms. The van der Waals surface area contributed by atoms with Gasteiger partial charge in [-0.05, 0) is 18.8 Å². The molecule has 0 saturated carbocycles. The molecule has 1 aromatic rings. The highest BCUT2D eigenvalue weighted by Gasteiger charge is 2.38. The summed E-state index contributed by atoms with van der Waals surface area (Å²) in [6, 6.07) is 0. The number of aryl methyl sites for hydroxylation is 1. The molecule has 0 aromatic carbocycles. The Hall–Kier alpha value is -1.57. The smallest absolute Gasteiger partial charge is 0.377 e. The molecule has 2 heterocycles. The van der Waals surface area contributed by atoms with E-state index in [1.54, 1.807) is 0 Å². The van der Waals surface area contributed by atoms with Gasteiger partial charge < -0.3 is 10.1 Å². The highest BCUT2D eigenvalue weighted by Crippen LogP contribution is 2.31. The van der Waals surface area contributed by atoms with Crippen molar-refractivity contribution in [1.82, 2.24) is 15.1 Å². The van der Waals surface area contributed by atoms with Crippen LogP contribution >= 0.6 is 0 Å². The number of alkyl halides is 3. The zero-order valence-corrected chi connectivity index (χ0v) is 13.5. The van der Waals surface area contributed by atoms with Gasteiger partial charge >= 0.3 is 6.18 Å². The lowest BCUT2D eigenvalue weighted by molar-refractivity contribution is -0.143. The largest absolute Gasteiger partial charge is 0.435 e. The monoisotopic (exact) mass is 333 g/mol. The molecule has 1 saturated heterocycles. The number of nitrogens with one attached hydrogen (secondary N) is 1. The second-order valence-electron chi connectivity index (χ2n) is 6.22. The maximum atomic E-state index is 12.9. The summed E-state index contributed by atoms with van der Waals surface area (Å²) < 4.78 is 45.5. The zero-order valence-electron chi connectivity index (χ0n) is 13.5. The summed E-state index contributed by atoms with van der Waals surface area (Å²) in [4.78, 5) is 12.4. The first-order valence-corrected chi connectivity index (χ1v) is 7.69. The van der Waals surface area contributed by atoms with Crippen molar-refractivity contribution in [3.05, 3.63) is 17.5 Å². The van der Waals surface area contributed by atoms with Crippen molar-refractivity contribution in [3.63, 3.8) is 0 Å². The normalized spacial score (nSPS) is 22.4. The van der Waals surface area contributed by atoms with Gasteiger partial charge in [0.2, 0.25) is 5.91 Å². The van der Waals surface area contributed by atoms with Crippen LogP contribution in [0.5, 0.6) is 0 Å². The van der Waals surface area contributed by atoms with Crippen LogP contribution in [0.4, 0.5) is 13.2 Å². The quantitative estimate of drug-likeness (QED) is 0.921. The Balaban J connectivity index is 2.04. The molecule has 1 amide bonds. The highest BCUT2D eigenvalue weighted by atomic mass is 19.4. The van der Waals surface area contributed by atoms with Gasteiger partial charge in [-0.2, -0.15) is 18.3 Å². The minimum Gasteiger partial charge on any atom is -0.377 e. The second kappa shape index (κ2) is 6.90. The van der Waals surface area contributed by atoms with Crippen molar-refractivity contribution < 1.29 is 22.7 Å². The van der Waals surface area contributed by atoms with Crippen molar-refractivity contribution in [1.29, 1.82) is 0 Å². The molecule has 0 bridgehead atoms. The minimum atomic E-state index is -4.53. The maximum Gasteiger partial charge on any atom is 0.435 e. The van der Waals surface area contributed by atoms with Crippen LogP contribution in [0.15, 0.2) is 6.20 Å². The van der Waals surface area contributed by atoms with E-state index in [0.29, 0.717) is 13.0 Å². The van der Waals surface area contributed by atoms with Crippen molar-refractivity contribution in [2.45, 2.75) is 45.5 Å². The van der Waals surface area contributed by atoms with E-state index >= 15 is 0 Å². The lowest BCUT2D eigenvalue weighted by Crippen LogP contribution is -2.43. The van der Waals surface area contributed by atoms with Crippen molar-refractivity contribution in [3.8, 4) is 0 Å². The Morgan fingerprint density at radius 1 is 1.52 bits per heavy atom. The molecule has 1 aliphatic rings. The fourth-order valence-electron chi connectivity index (χ4n) is 2.96. The van der Waals surface area contributed by atoms with Crippen LogP contribution in [0.1, 0.15) is 37.9 Å². The zero-order chi connectivity index (χ0) is 17.2. The van der Waals surface area contributed by atoms with E-state index in [9.17, 15) is 18.0 Å². The molecule has 1 fully saturated rings. The SMILES string of the molecule is CC(C)[C@H]1OCCC[C@@H]1C(=O)NCc1cn(C)nc1C(F)(F)F. The summed E-state index contributed by atoms with van der Waals surface area (Å²) in [5, 5.41) is 6.04. The molecule has 2 atom stereocenters. The first-order valence-electron chi connectivity index (χ1n) is 7.69. The first kappa shape index (κ1) is 17.8. The molecule has 0 unspecified atom stereocenters. The Morgan fingerprint density at radius 2 is 2.22 bits per heavy atom. The predicted octanol–water partition coefficient (Wildman–Crippen LogP) is 2.51. The molecule has 1 N–H and O–H groups in total. The van der Waals surface area contributed by atoms with Crippen LogP contribution in [0, 0.1) is 11.8 Å². The number of halogens is 3. The van der Waals surface area contributed by atoms with Gasteiger partial charge in [0, 0.05) is 32.0 Å². The standard InChI is InChI=1S/C15H22F3N3O2/c1-9(2)12-11(5-4-6-23-12)14(22)19-7-10-8-21(3)20-13(10)15(16,17)18/h8-9,11-12H,4-7H2,1-3H3,(H,19,22)/t11-,12+/m0/s1. The second-order valence-corrected chi connectivity index (χ2v) is 6.22. The number of hydrogen-bond acceptors (Lipinski definition) is 3. The summed E-state index contributed by atoms with van der Waals surface area (Å²) in [7, 11) is 1.42. The maximum absolute atomic E-state index is 12.9. The van der Waals surface area contributed by atoms with E-state index in [-0.39, 0.29) is 36.0 Å². The van der Waals surface area contributed by atoms with E-state index in [0.717, 1.165) is 11.1 Å². The van der Waals surface area contributed by atoms with Gasteiger partial charge in [-0.3, -0.25) is 9.48 Å². The number of ether oxygens (including phenoxy) is 1. The summed E-state index contributed by atoms with van der Waals surface area (Å²) in [6.45, 7) is 4.37. The van der Waals surface area contributed by atoms with Gasteiger partial charge in [0.1, 0.15) is 0 Å². The molecule has 5 nitrogen and oxygen atoms in total. The minimum absolute atomic E-state index is 0.0359.